The lowest BCUT2D eigenvalue weighted by Crippen LogP contribution is -2.49. The molecule has 44 heavy (non-hydrogen) atoms. The average molecular weight is 603 g/mol. The van der Waals surface area contributed by atoms with Gasteiger partial charge in [-0.25, -0.2) is 9.59 Å². The van der Waals surface area contributed by atoms with E-state index in [0.717, 1.165) is 5.57 Å². The van der Waals surface area contributed by atoms with Crippen LogP contribution < -0.4 is 19.5 Å². The first-order valence-electron chi connectivity index (χ1n) is 14.7. The Morgan fingerprint density at radius 1 is 0.886 bits per heavy atom. The number of carbonyl (C=O) groups excluding carboxylic acids is 1. The van der Waals surface area contributed by atoms with Gasteiger partial charge in [-0.3, -0.25) is 4.90 Å². The van der Waals surface area contributed by atoms with Crippen molar-refractivity contribution in [3.63, 3.8) is 0 Å². The number of anilines is 1. The van der Waals surface area contributed by atoms with Crippen molar-refractivity contribution in [1.82, 2.24) is 14.7 Å². The molecule has 10 heteroatoms. The summed E-state index contributed by atoms with van der Waals surface area (Å²) in [6.45, 7) is 7.82. The van der Waals surface area contributed by atoms with Crippen LogP contribution in [0.4, 0.5) is 15.3 Å². The minimum atomic E-state index is -0.899. The van der Waals surface area contributed by atoms with Crippen molar-refractivity contribution < 1.29 is 28.9 Å². The van der Waals surface area contributed by atoms with Gasteiger partial charge in [-0.1, -0.05) is 67.2 Å². The van der Waals surface area contributed by atoms with Crippen LogP contribution >= 0.6 is 0 Å². The van der Waals surface area contributed by atoms with Crippen molar-refractivity contribution >= 4 is 17.8 Å². The van der Waals surface area contributed by atoms with E-state index in [1.165, 1.54) is 37.4 Å². The van der Waals surface area contributed by atoms with E-state index in [0.29, 0.717) is 75.2 Å². The first kappa shape index (κ1) is 32.2. The smallest absolute Gasteiger partial charge is 0.407 e. The van der Waals surface area contributed by atoms with Gasteiger partial charge in [0.05, 0.1) is 27.0 Å². The van der Waals surface area contributed by atoms with Crippen LogP contribution in [0.25, 0.3) is 0 Å². The van der Waals surface area contributed by atoms with Gasteiger partial charge in [0.1, 0.15) is 0 Å². The Morgan fingerprint density at radius 3 is 1.91 bits per heavy atom. The van der Waals surface area contributed by atoms with Gasteiger partial charge in [0, 0.05) is 63.9 Å². The third kappa shape index (κ3) is 8.44. The van der Waals surface area contributed by atoms with E-state index in [2.05, 4.69) is 41.1 Å². The molecular weight excluding hydrogens is 560 g/mol. The van der Waals surface area contributed by atoms with E-state index in [4.69, 9.17) is 14.2 Å². The second-order valence-electron chi connectivity index (χ2n) is 10.7. The van der Waals surface area contributed by atoms with Gasteiger partial charge >= 0.3 is 12.1 Å². The summed E-state index contributed by atoms with van der Waals surface area (Å²) in [6, 6.07) is 23.7. The summed E-state index contributed by atoms with van der Waals surface area (Å²) in [6.07, 6.45) is -0.203. The van der Waals surface area contributed by atoms with Crippen LogP contribution in [0, 0.1) is 0 Å². The number of piperazine rings is 1. The number of methoxy groups -OCH3 is 3. The minimum absolute atomic E-state index is 0.0891. The number of carboxylic acid groups (broad SMARTS) is 1. The van der Waals surface area contributed by atoms with Crippen LogP contribution in [-0.2, 0) is 0 Å². The van der Waals surface area contributed by atoms with Crippen LogP contribution in [0.2, 0.25) is 0 Å². The molecule has 1 aliphatic rings. The number of amides is 3. The summed E-state index contributed by atoms with van der Waals surface area (Å²) in [5, 5.41) is 12.3. The lowest BCUT2D eigenvalue weighted by Gasteiger charge is -2.34. The molecule has 0 atom stereocenters. The van der Waals surface area contributed by atoms with Gasteiger partial charge in [0.15, 0.2) is 11.5 Å². The molecule has 0 saturated carbocycles. The quantitative estimate of drug-likeness (QED) is 0.245. The zero-order valence-electron chi connectivity index (χ0n) is 25.7. The molecule has 3 aromatic rings. The number of hydrogen-bond acceptors (Lipinski definition) is 6. The lowest BCUT2D eigenvalue weighted by molar-refractivity contribution is 0.108. The molecule has 0 bridgehead atoms. The largest absolute Gasteiger partial charge is 0.493 e. The van der Waals surface area contributed by atoms with E-state index in [9.17, 15) is 14.7 Å². The average Bonchev–Trinajstić information content (AvgIpc) is 3.05. The number of carbonyl (C=O) groups is 2. The van der Waals surface area contributed by atoms with Crippen LogP contribution in [-0.4, -0.2) is 99.1 Å². The lowest BCUT2D eigenvalue weighted by atomic mass is 9.88. The number of ether oxygens (including phenoxy) is 3. The molecule has 0 radical (unpaired) electrons. The summed E-state index contributed by atoms with van der Waals surface area (Å²) in [5.41, 5.74) is 3.73. The number of rotatable bonds is 13. The molecule has 0 unspecified atom stereocenters. The fourth-order valence-corrected chi connectivity index (χ4v) is 5.52. The van der Waals surface area contributed by atoms with E-state index < -0.39 is 6.09 Å². The third-order valence-corrected chi connectivity index (χ3v) is 7.80. The number of benzene rings is 3. The topological polar surface area (TPSA) is 104 Å². The Morgan fingerprint density at radius 2 is 1.43 bits per heavy atom. The summed E-state index contributed by atoms with van der Waals surface area (Å²) in [7, 11) is 4.59. The van der Waals surface area contributed by atoms with Crippen molar-refractivity contribution in [3.8, 4) is 17.2 Å². The maximum Gasteiger partial charge on any atom is 0.407 e. The maximum atomic E-state index is 13.9. The van der Waals surface area contributed by atoms with Crippen molar-refractivity contribution in [2.24, 2.45) is 0 Å². The van der Waals surface area contributed by atoms with Gasteiger partial charge in [0.25, 0.3) is 0 Å². The molecule has 0 spiro atoms. The van der Waals surface area contributed by atoms with Crippen molar-refractivity contribution in [1.29, 1.82) is 0 Å². The molecule has 10 nitrogen and oxygen atoms in total. The number of hydrogen-bond donors (Lipinski definition) is 2. The minimum Gasteiger partial charge on any atom is -0.493 e. The number of nitrogens with zero attached hydrogens (tertiary/aromatic N) is 3. The van der Waals surface area contributed by atoms with E-state index in [1.807, 2.05) is 36.4 Å². The molecule has 0 aliphatic carbocycles. The SMILES string of the molecule is C=C(CN1CCN(C(=O)O)CC1)CN(CCC(c1ccccc1)c1ccccc1)C(=O)Nc1cc(OC)c(OC)c(OC)c1. The summed E-state index contributed by atoms with van der Waals surface area (Å²) >= 11 is 0. The normalized spacial score (nSPS) is 13.3. The Balaban J connectivity index is 1.54. The highest BCUT2D eigenvalue weighted by Gasteiger charge is 2.24. The Hall–Kier alpha value is -4.70. The molecule has 2 N–H and O–H groups in total. The Labute approximate surface area is 259 Å². The van der Waals surface area contributed by atoms with Gasteiger partial charge in [-0.05, 0) is 23.1 Å². The van der Waals surface area contributed by atoms with Crippen LogP contribution in [0.3, 0.4) is 0 Å². The van der Waals surface area contributed by atoms with E-state index in [-0.39, 0.29) is 11.9 Å². The predicted molar refractivity (Wildman–Crippen MR) is 171 cm³/mol. The zero-order valence-corrected chi connectivity index (χ0v) is 25.7. The highest BCUT2D eigenvalue weighted by atomic mass is 16.5. The Kier molecular flexibility index (Phi) is 11.5. The molecule has 3 aromatic carbocycles. The fourth-order valence-electron chi connectivity index (χ4n) is 5.52. The summed E-state index contributed by atoms with van der Waals surface area (Å²) in [5.74, 6) is 1.40. The first-order chi connectivity index (χ1) is 21.3. The molecule has 1 fully saturated rings. The van der Waals surface area contributed by atoms with Crippen molar-refractivity contribution in [3.05, 3.63) is 96.1 Å². The molecule has 3 amide bonds. The van der Waals surface area contributed by atoms with Crippen molar-refractivity contribution in [2.45, 2.75) is 12.3 Å². The van der Waals surface area contributed by atoms with Gasteiger partial charge < -0.3 is 34.4 Å². The van der Waals surface area contributed by atoms with E-state index >= 15 is 0 Å². The second-order valence-corrected chi connectivity index (χ2v) is 10.7. The molecular formula is C34H42N4O6. The molecule has 1 aliphatic heterocycles. The molecule has 1 heterocycles. The standard InChI is InChI=1S/C34H42N4O6/c1-25(23-36-17-19-37(20-18-36)34(40)41)24-38(33(39)35-28-21-30(42-2)32(44-4)31(22-28)43-3)16-15-29(26-11-7-5-8-12-26)27-13-9-6-10-14-27/h5-14,21-22,29H,1,15-20,23-24H2,2-4H3,(H,35,39)(H,40,41). The summed E-state index contributed by atoms with van der Waals surface area (Å²) in [4.78, 5) is 30.6. The third-order valence-electron chi connectivity index (χ3n) is 7.80. The summed E-state index contributed by atoms with van der Waals surface area (Å²) < 4.78 is 16.4. The monoisotopic (exact) mass is 602 g/mol. The van der Waals surface area contributed by atoms with Gasteiger partial charge in [-0.2, -0.15) is 0 Å². The zero-order chi connectivity index (χ0) is 31.5. The Bertz CT molecular complexity index is 1330. The van der Waals surface area contributed by atoms with Crippen LogP contribution in [0.1, 0.15) is 23.5 Å². The van der Waals surface area contributed by atoms with Gasteiger partial charge in [-0.15, -0.1) is 0 Å². The highest BCUT2D eigenvalue weighted by molar-refractivity contribution is 5.90. The highest BCUT2D eigenvalue weighted by Crippen LogP contribution is 2.40. The van der Waals surface area contributed by atoms with Crippen LogP contribution in [0.15, 0.2) is 84.9 Å². The molecule has 4 rings (SSSR count). The number of urea groups is 1. The number of nitrogens with one attached hydrogen (secondary N) is 1. The molecule has 234 valence electrons. The predicted octanol–water partition coefficient (Wildman–Crippen LogP) is 5.62. The van der Waals surface area contributed by atoms with Crippen LogP contribution in [0.5, 0.6) is 17.2 Å². The fraction of sp³-hybridized carbons (Fsp3) is 0.353. The van der Waals surface area contributed by atoms with E-state index in [1.54, 1.807) is 17.0 Å². The second kappa shape index (κ2) is 15.7. The van der Waals surface area contributed by atoms with Gasteiger partial charge in [0.2, 0.25) is 5.75 Å². The first-order valence-corrected chi connectivity index (χ1v) is 14.7. The molecule has 0 aromatic heterocycles. The van der Waals surface area contributed by atoms with Crippen molar-refractivity contribution in [2.75, 3.05) is 72.5 Å². The maximum absolute atomic E-state index is 13.9. The molecule has 1 saturated heterocycles.